The maximum Gasteiger partial charge on any atom is 0.253 e. The van der Waals surface area contributed by atoms with Gasteiger partial charge in [0.05, 0.1) is 0 Å². The second kappa shape index (κ2) is 4.86. The predicted molar refractivity (Wildman–Crippen MR) is 75.8 cm³/mol. The molecule has 0 unspecified atom stereocenters. The van der Waals surface area contributed by atoms with Gasteiger partial charge in [-0.1, -0.05) is 42.5 Å². The predicted octanol–water partition coefficient (Wildman–Crippen LogP) is 2.14. The first-order valence-corrected chi connectivity index (χ1v) is 6.44. The molecule has 0 bridgehead atoms. The van der Waals surface area contributed by atoms with Crippen molar-refractivity contribution in [2.45, 2.75) is 6.04 Å². The molecular formula is C16H16N2O. The molecule has 2 aromatic carbocycles. The standard InChI is InChI=1S/C16H16N2O/c17-15-10-18(11-15)16(19)14-8-6-13(7-9-14)12-4-2-1-3-5-12/h1-9,15H,10-11,17H2. The highest BCUT2D eigenvalue weighted by Crippen LogP contribution is 2.20. The van der Waals surface area contributed by atoms with Crippen molar-refractivity contribution in [3.8, 4) is 11.1 Å². The lowest BCUT2D eigenvalue weighted by atomic mass is 10.0. The zero-order chi connectivity index (χ0) is 13.2. The van der Waals surface area contributed by atoms with Gasteiger partial charge in [0.1, 0.15) is 0 Å². The van der Waals surface area contributed by atoms with Gasteiger partial charge < -0.3 is 10.6 Å². The Balaban J connectivity index is 1.78. The second-order valence-corrected chi connectivity index (χ2v) is 4.91. The zero-order valence-electron chi connectivity index (χ0n) is 10.6. The minimum atomic E-state index is 0.0707. The van der Waals surface area contributed by atoms with Crippen LogP contribution >= 0.6 is 0 Å². The maximum atomic E-state index is 12.1. The normalized spacial score (nSPS) is 15.1. The van der Waals surface area contributed by atoms with Gasteiger partial charge in [-0.2, -0.15) is 0 Å². The number of carbonyl (C=O) groups excluding carboxylic acids is 1. The van der Waals surface area contributed by atoms with E-state index in [0.717, 1.165) is 16.7 Å². The van der Waals surface area contributed by atoms with Crippen molar-refractivity contribution in [1.29, 1.82) is 0 Å². The summed E-state index contributed by atoms with van der Waals surface area (Å²) in [7, 11) is 0. The number of amides is 1. The van der Waals surface area contributed by atoms with Crippen molar-refractivity contribution in [3.05, 3.63) is 60.2 Å². The Hall–Kier alpha value is -2.13. The molecule has 1 saturated heterocycles. The van der Waals surface area contributed by atoms with E-state index < -0.39 is 0 Å². The van der Waals surface area contributed by atoms with E-state index in [2.05, 4.69) is 12.1 Å². The Kier molecular flexibility index (Phi) is 3.05. The van der Waals surface area contributed by atoms with Crippen LogP contribution in [0.15, 0.2) is 54.6 Å². The number of nitrogens with zero attached hydrogens (tertiary/aromatic N) is 1. The third-order valence-corrected chi connectivity index (χ3v) is 3.44. The fourth-order valence-corrected chi connectivity index (χ4v) is 2.30. The summed E-state index contributed by atoms with van der Waals surface area (Å²) in [5.41, 5.74) is 8.70. The Bertz CT molecular complexity index is 571. The van der Waals surface area contributed by atoms with Crippen LogP contribution in [-0.2, 0) is 0 Å². The molecule has 3 nitrogen and oxygen atoms in total. The molecule has 0 atom stereocenters. The summed E-state index contributed by atoms with van der Waals surface area (Å²) in [6, 6.07) is 18.0. The molecular weight excluding hydrogens is 236 g/mol. The Labute approximate surface area is 112 Å². The number of rotatable bonds is 2. The molecule has 1 fully saturated rings. The van der Waals surface area contributed by atoms with Crippen molar-refractivity contribution in [3.63, 3.8) is 0 Å². The topological polar surface area (TPSA) is 46.3 Å². The van der Waals surface area contributed by atoms with Crippen LogP contribution in [0.4, 0.5) is 0 Å². The first-order chi connectivity index (χ1) is 9.24. The first kappa shape index (κ1) is 11.9. The fourth-order valence-electron chi connectivity index (χ4n) is 2.30. The van der Waals surface area contributed by atoms with Crippen molar-refractivity contribution in [2.24, 2.45) is 5.73 Å². The lowest BCUT2D eigenvalue weighted by Gasteiger charge is -2.36. The summed E-state index contributed by atoms with van der Waals surface area (Å²) in [6.45, 7) is 1.33. The van der Waals surface area contributed by atoms with Crippen molar-refractivity contribution < 1.29 is 4.79 Å². The van der Waals surface area contributed by atoms with Gasteiger partial charge in [0, 0.05) is 24.7 Å². The summed E-state index contributed by atoms with van der Waals surface area (Å²) in [4.78, 5) is 13.9. The van der Waals surface area contributed by atoms with Crippen LogP contribution in [0.2, 0.25) is 0 Å². The second-order valence-electron chi connectivity index (χ2n) is 4.91. The largest absolute Gasteiger partial charge is 0.335 e. The lowest BCUT2D eigenvalue weighted by Crippen LogP contribution is -2.57. The van der Waals surface area contributed by atoms with Crippen LogP contribution in [0, 0.1) is 0 Å². The number of nitrogens with two attached hydrogens (primary N) is 1. The fraction of sp³-hybridized carbons (Fsp3) is 0.188. The number of hydrogen-bond donors (Lipinski definition) is 1. The van der Waals surface area contributed by atoms with Gasteiger partial charge in [-0.15, -0.1) is 0 Å². The van der Waals surface area contributed by atoms with E-state index in [0.29, 0.717) is 13.1 Å². The number of benzene rings is 2. The van der Waals surface area contributed by atoms with Gasteiger partial charge in [0.25, 0.3) is 5.91 Å². The van der Waals surface area contributed by atoms with Crippen molar-refractivity contribution in [1.82, 2.24) is 4.90 Å². The van der Waals surface area contributed by atoms with E-state index in [4.69, 9.17) is 5.73 Å². The third-order valence-electron chi connectivity index (χ3n) is 3.44. The molecule has 1 aliphatic rings. The minimum Gasteiger partial charge on any atom is -0.335 e. The maximum absolute atomic E-state index is 12.1. The summed E-state index contributed by atoms with van der Waals surface area (Å²) in [5.74, 6) is 0.0707. The molecule has 1 amide bonds. The summed E-state index contributed by atoms with van der Waals surface area (Å²) >= 11 is 0. The van der Waals surface area contributed by atoms with Crippen molar-refractivity contribution >= 4 is 5.91 Å². The van der Waals surface area contributed by atoms with Crippen LogP contribution in [0.1, 0.15) is 10.4 Å². The van der Waals surface area contributed by atoms with Crippen LogP contribution in [0.3, 0.4) is 0 Å². The summed E-state index contributed by atoms with van der Waals surface area (Å²) in [5, 5.41) is 0. The van der Waals surface area contributed by atoms with E-state index in [-0.39, 0.29) is 11.9 Å². The average molecular weight is 252 g/mol. The van der Waals surface area contributed by atoms with E-state index in [1.54, 1.807) is 4.90 Å². The van der Waals surface area contributed by atoms with Gasteiger partial charge in [-0.05, 0) is 23.3 Å². The van der Waals surface area contributed by atoms with Crippen LogP contribution in [0.5, 0.6) is 0 Å². The quantitative estimate of drug-likeness (QED) is 0.890. The van der Waals surface area contributed by atoms with E-state index in [9.17, 15) is 4.79 Å². The first-order valence-electron chi connectivity index (χ1n) is 6.44. The van der Waals surface area contributed by atoms with E-state index in [1.807, 2.05) is 42.5 Å². The highest BCUT2D eigenvalue weighted by atomic mass is 16.2. The Morgan fingerprint density at radius 2 is 1.53 bits per heavy atom. The molecule has 1 aliphatic heterocycles. The molecule has 0 spiro atoms. The molecule has 0 aromatic heterocycles. The van der Waals surface area contributed by atoms with E-state index in [1.165, 1.54) is 0 Å². The van der Waals surface area contributed by atoms with Gasteiger partial charge in [0.2, 0.25) is 0 Å². The molecule has 19 heavy (non-hydrogen) atoms. The molecule has 96 valence electrons. The minimum absolute atomic E-state index is 0.0707. The highest BCUT2D eigenvalue weighted by Gasteiger charge is 2.28. The van der Waals surface area contributed by atoms with Crippen LogP contribution in [-0.4, -0.2) is 29.9 Å². The van der Waals surface area contributed by atoms with Gasteiger partial charge in [0.15, 0.2) is 0 Å². The molecule has 0 saturated carbocycles. The summed E-state index contributed by atoms with van der Waals surface area (Å²) in [6.07, 6.45) is 0. The number of carbonyl (C=O) groups is 1. The van der Waals surface area contributed by atoms with Crippen LogP contribution < -0.4 is 5.73 Å². The van der Waals surface area contributed by atoms with Crippen LogP contribution in [0.25, 0.3) is 11.1 Å². The number of hydrogen-bond acceptors (Lipinski definition) is 2. The smallest absolute Gasteiger partial charge is 0.253 e. The number of likely N-dealkylation sites (tertiary alicyclic amines) is 1. The third kappa shape index (κ3) is 2.37. The summed E-state index contributed by atoms with van der Waals surface area (Å²) < 4.78 is 0. The SMILES string of the molecule is NC1CN(C(=O)c2ccc(-c3ccccc3)cc2)C1. The monoisotopic (exact) mass is 252 g/mol. The molecule has 0 aliphatic carbocycles. The molecule has 2 N–H and O–H groups in total. The van der Waals surface area contributed by atoms with Crippen molar-refractivity contribution in [2.75, 3.05) is 13.1 Å². The lowest BCUT2D eigenvalue weighted by molar-refractivity contribution is 0.0608. The molecule has 0 radical (unpaired) electrons. The van der Waals surface area contributed by atoms with Gasteiger partial charge in [-0.3, -0.25) is 4.79 Å². The molecule has 1 heterocycles. The van der Waals surface area contributed by atoms with E-state index >= 15 is 0 Å². The highest BCUT2D eigenvalue weighted by molar-refractivity contribution is 5.95. The average Bonchev–Trinajstić information content (AvgIpc) is 2.44. The zero-order valence-corrected chi connectivity index (χ0v) is 10.6. The Morgan fingerprint density at radius 1 is 0.947 bits per heavy atom. The van der Waals surface area contributed by atoms with Gasteiger partial charge in [-0.25, -0.2) is 0 Å². The Morgan fingerprint density at radius 3 is 2.11 bits per heavy atom. The molecule has 3 heteroatoms. The van der Waals surface area contributed by atoms with Gasteiger partial charge >= 0.3 is 0 Å². The molecule has 3 rings (SSSR count). The molecule has 2 aromatic rings.